The molecule has 5 nitrogen and oxygen atoms in total. The van der Waals surface area contributed by atoms with Crippen LogP contribution in [0, 0.1) is 0 Å². The van der Waals surface area contributed by atoms with Gasteiger partial charge in [0.1, 0.15) is 6.04 Å². The van der Waals surface area contributed by atoms with Gasteiger partial charge in [-0.1, -0.05) is 37.1 Å². The van der Waals surface area contributed by atoms with E-state index in [2.05, 4.69) is 5.32 Å². The fourth-order valence-electron chi connectivity index (χ4n) is 2.68. The number of rotatable bonds is 5. The fourth-order valence-corrected chi connectivity index (χ4v) is 2.92. The summed E-state index contributed by atoms with van der Waals surface area (Å²) in [7, 11) is 0. The summed E-state index contributed by atoms with van der Waals surface area (Å²) in [5.41, 5.74) is 5.73. The van der Waals surface area contributed by atoms with Gasteiger partial charge < -0.3 is 16.0 Å². The average Bonchev–Trinajstić information content (AvgIpc) is 2.81. The number of nitrogens with two attached hydrogens (primary N) is 1. The van der Waals surface area contributed by atoms with Crippen LogP contribution in [-0.2, 0) is 9.59 Å². The van der Waals surface area contributed by atoms with E-state index < -0.39 is 11.6 Å². The van der Waals surface area contributed by atoms with Crippen LogP contribution >= 0.6 is 24.0 Å². The molecule has 1 saturated heterocycles. The van der Waals surface area contributed by atoms with E-state index in [-0.39, 0.29) is 24.2 Å². The number of anilines is 1. The first-order valence-electron chi connectivity index (χ1n) is 7.52. The zero-order valence-electron chi connectivity index (χ0n) is 13.3. The van der Waals surface area contributed by atoms with Gasteiger partial charge in [0.25, 0.3) is 0 Å². The summed E-state index contributed by atoms with van der Waals surface area (Å²) in [6.07, 6.45) is 1.94. The van der Waals surface area contributed by atoms with Crippen LogP contribution in [0.15, 0.2) is 24.3 Å². The summed E-state index contributed by atoms with van der Waals surface area (Å²) >= 11 is 6.14. The van der Waals surface area contributed by atoms with E-state index in [0.717, 1.165) is 6.42 Å². The Morgan fingerprint density at radius 1 is 1.48 bits per heavy atom. The van der Waals surface area contributed by atoms with Crippen LogP contribution in [0.3, 0.4) is 0 Å². The summed E-state index contributed by atoms with van der Waals surface area (Å²) in [6.45, 7) is 4.19. The van der Waals surface area contributed by atoms with E-state index in [1.807, 2.05) is 19.1 Å². The third-order valence-corrected chi connectivity index (χ3v) is 4.26. The molecule has 0 spiro atoms. The van der Waals surface area contributed by atoms with Gasteiger partial charge in [0.2, 0.25) is 11.8 Å². The van der Waals surface area contributed by atoms with Crippen molar-refractivity contribution in [1.82, 2.24) is 5.32 Å². The van der Waals surface area contributed by atoms with Crippen LogP contribution in [0.5, 0.6) is 0 Å². The highest BCUT2D eigenvalue weighted by molar-refractivity contribution is 6.34. The van der Waals surface area contributed by atoms with Gasteiger partial charge in [-0.3, -0.25) is 9.59 Å². The first kappa shape index (κ1) is 19.7. The maximum absolute atomic E-state index is 12.5. The van der Waals surface area contributed by atoms with Gasteiger partial charge in [-0.15, -0.1) is 12.4 Å². The molecule has 7 heteroatoms. The van der Waals surface area contributed by atoms with Crippen LogP contribution in [0.2, 0.25) is 5.02 Å². The maximum atomic E-state index is 12.5. The van der Waals surface area contributed by atoms with E-state index in [0.29, 0.717) is 30.1 Å². The minimum atomic E-state index is -0.952. The highest BCUT2D eigenvalue weighted by Crippen LogP contribution is 2.29. The fraction of sp³-hybridized carbons (Fsp3) is 0.500. The second-order valence-corrected chi connectivity index (χ2v) is 6.33. The molecule has 0 radical (unpaired) electrons. The molecule has 1 aromatic carbocycles. The number of carbonyl (C=O) groups excluding carboxylic acids is 2. The molecule has 1 heterocycles. The number of carbonyl (C=O) groups is 2. The first-order chi connectivity index (χ1) is 10.4. The van der Waals surface area contributed by atoms with Gasteiger partial charge in [0.15, 0.2) is 0 Å². The lowest BCUT2D eigenvalue weighted by Crippen LogP contribution is -2.55. The molecule has 128 valence electrons. The molecule has 1 aliphatic heterocycles. The lowest BCUT2D eigenvalue weighted by Gasteiger charge is -2.25. The normalized spacial score (nSPS) is 19.9. The number of nitrogens with one attached hydrogen (secondary N) is 1. The molecule has 2 unspecified atom stereocenters. The second kappa shape index (κ2) is 7.99. The summed E-state index contributed by atoms with van der Waals surface area (Å²) in [6, 6.07) is 6.65. The second-order valence-electron chi connectivity index (χ2n) is 5.92. The minimum absolute atomic E-state index is 0. The zero-order valence-corrected chi connectivity index (χ0v) is 14.9. The Labute approximate surface area is 148 Å². The molecule has 1 aromatic rings. The van der Waals surface area contributed by atoms with Crippen molar-refractivity contribution >= 4 is 41.5 Å². The molecule has 3 N–H and O–H groups in total. The number of halogens is 2. The number of amides is 2. The smallest absolute Gasteiger partial charge is 0.249 e. The van der Waals surface area contributed by atoms with E-state index in [9.17, 15) is 9.59 Å². The van der Waals surface area contributed by atoms with E-state index in [1.165, 1.54) is 0 Å². The standard InChI is InChI=1S/C16H22ClN3O2.ClH/c1-3-9-16(2,18)15(22)19-12-8-10-20(14(12)21)13-7-5-4-6-11(13)17;/h4-7,12H,3,8-10,18H2,1-2H3,(H,19,22);1H. The van der Waals surface area contributed by atoms with Crippen molar-refractivity contribution in [2.24, 2.45) is 5.73 Å². The number of nitrogens with zero attached hydrogens (tertiary/aromatic N) is 1. The third-order valence-electron chi connectivity index (χ3n) is 3.94. The van der Waals surface area contributed by atoms with E-state index in [4.69, 9.17) is 17.3 Å². The van der Waals surface area contributed by atoms with Crippen LogP contribution in [-0.4, -0.2) is 29.9 Å². The summed E-state index contributed by atoms with van der Waals surface area (Å²) in [4.78, 5) is 26.3. The van der Waals surface area contributed by atoms with Crippen LogP contribution in [0.1, 0.15) is 33.1 Å². The number of benzene rings is 1. The Bertz CT molecular complexity index is 578. The first-order valence-corrected chi connectivity index (χ1v) is 7.90. The Kier molecular flexibility index (Phi) is 6.86. The molecule has 2 rings (SSSR count). The van der Waals surface area contributed by atoms with E-state index >= 15 is 0 Å². The van der Waals surface area contributed by atoms with Gasteiger partial charge in [0, 0.05) is 6.54 Å². The Balaban J connectivity index is 0.00000264. The van der Waals surface area contributed by atoms with Crippen LogP contribution in [0.25, 0.3) is 0 Å². The lowest BCUT2D eigenvalue weighted by atomic mass is 9.96. The zero-order chi connectivity index (χ0) is 16.3. The molecule has 0 saturated carbocycles. The maximum Gasteiger partial charge on any atom is 0.249 e. The molecule has 2 atom stereocenters. The van der Waals surface area contributed by atoms with Crippen molar-refractivity contribution in [3.63, 3.8) is 0 Å². The van der Waals surface area contributed by atoms with Crippen molar-refractivity contribution < 1.29 is 9.59 Å². The quantitative estimate of drug-likeness (QED) is 0.847. The van der Waals surface area contributed by atoms with Crippen LogP contribution < -0.4 is 16.0 Å². The van der Waals surface area contributed by atoms with Crippen molar-refractivity contribution in [1.29, 1.82) is 0 Å². The van der Waals surface area contributed by atoms with Crippen molar-refractivity contribution in [2.45, 2.75) is 44.7 Å². The topological polar surface area (TPSA) is 75.4 Å². The van der Waals surface area contributed by atoms with Gasteiger partial charge >= 0.3 is 0 Å². The minimum Gasteiger partial charge on any atom is -0.343 e. The van der Waals surface area contributed by atoms with Crippen molar-refractivity contribution in [3.05, 3.63) is 29.3 Å². The van der Waals surface area contributed by atoms with Gasteiger partial charge in [0.05, 0.1) is 16.2 Å². The number of hydrogen-bond acceptors (Lipinski definition) is 3. The number of hydrogen-bond donors (Lipinski definition) is 2. The molecule has 2 amide bonds. The molecule has 1 fully saturated rings. The molecular weight excluding hydrogens is 337 g/mol. The molecular formula is C16H23Cl2N3O2. The van der Waals surface area contributed by atoms with Crippen LogP contribution in [0.4, 0.5) is 5.69 Å². The molecule has 1 aliphatic rings. The van der Waals surface area contributed by atoms with Crippen molar-refractivity contribution in [3.8, 4) is 0 Å². The van der Waals surface area contributed by atoms with Gasteiger partial charge in [-0.2, -0.15) is 0 Å². The van der Waals surface area contributed by atoms with Crippen molar-refractivity contribution in [2.75, 3.05) is 11.4 Å². The number of para-hydroxylation sites is 1. The Hall–Kier alpha value is -1.30. The highest BCUT2D eigenvalue weighted by atomic mass is 35.5. The summed E-state index contributed by atoms with van der Waals surface area (Å²) in [5.74, 6) is -0.428. The molecule has 23 heavy (non-hydrogen) atoms. The predicted molar refractivity (Wildman–Crippen MR) is 95.1 cm³/mol. The summed E-state index contributed by atoms with van der Waals surface area (Å²) < 4.78 is 0. The monoisotopic (exact) mass is 359 g/mol. The summed E-state index contributed by atoms with van der Waals surface area (Å²) in [5, 5.41) is 3.30. The average molecular weight is 360 g/mol. The molecule has 0 bridgehead atoms. The molecule has 0 aliphatic carbocycles. The SMILES string of the molecule is CCCC(C)(N)C(=O)NC1CCN(c2ccccc2Cl)C1=O.Cl. The van der Waals surface area contributed by atoms with Gasteiger partial charge in [-0.05, 0) is 31.9 Å². The highest BCUT2D eigenvalue weighted by Gasteiger charge is 2.37. The predicted octanol–water partition coefficient (Wildman–Crippen LogP) is 2.50. The largest absolute Gasteiger partial charge is 0.343 e. The van der Waals surface area contributed by atoms with E-state index in [1.54, 1.807) is 24.0 Å². The van der Waals surface area contributed by atoms with Gasteiger partial charge in [-0.25, -0.2) is 0 Å². The Morgan fingerprint density at radius 3 is 2.74 bits per heavy atom. The Morgan fingerprint density at radius 2 is 2.13 bits per heavy atom. The lowest BCUT2D eigenvalue weighted by molar-refractivity contribution is -0.130. The molecule has 0 aromatic heterocycles. The third kappa shape index (κ3) is 4.37.